The number of benzene rings is 2. The number of hydrogen-bond acceptors (Lipinski definition) is 2. The number of ether oxygens (including phenoxy) is 1. The number of aryl methyl sites for hydroxylation is 1. The zero-order valence-electron chi connectivity index (χ0n) is 13.7. The Morgan fingerprint density at radius 1 is 1.17 bits per heavy atom. The molecule has 0 unspecified atom stereocenters. The first-order chi connectivity index (χ1) is 11.0. The molecule has 0 heterocycles. The van der Waals surface area contributed by atoms with Crippen molar-refractivity contribution in [3.63, 3.8) is 0 Å². The van der Waals surface area contributed by atoms with Crippen LogP contribution >= 0.6 is 22.6 Å². The summed E-state index contributed by atoms with van der Waals surface area (Å²) in [5.41, 5.74) is 3.04. The summed E-state index contributed by atoms with van der Waals surface area (Å²) >= 11 is 2.22. The van der Waals surface area contributed by atoms with Gasteiger partial charge in [0.2, 0.25) is 0 Å². The summed E-state index contributed by atoms with van der Waals surface area (Å²) < 4.78 is 6.98. The van der Waals surface area contributed by atoms with Crippen molar-refractivity contribution in [1.29, 1.82) is 0 Å². The van der Waals surface area contributed by atoms with Crippen LogP contribution in [-0.4, -0.2) is 19.1 Å². The number of amides is 1. The molecule has 0 radical (unpaired) electrons. The van der Waals surface area contributed by atoms with E-state index >= 15 is 0 Å². The lowest BCUT2D eigenvalue weighted by atomic mass is 10.0. The first kappa shape index (κ1) is 17.8. The fourth-order valence-corrected chi connectivity index (χ4v) is 2.63. The van der Waals surface area contributed by atoms with E-state index in [9.17, 15) is 4.79 Å². The highest BCUT2D eigenvalue weighted by Crippen LogP contribution is 2.27. The maximum Gasteiger partial charge on any atom is 0.251 e. The van der Waals surface area contributed by atoms with Gasteiger partial charge in [-0.25, -0.2) is 0 Å². The number of nitrogens with one attached hydrogen (secondary N) is 1. The van der Waals surface area contributed by atoms with E-state index in [1.807, 2.05) is 24.3 Å². The molecule has 0 aromatic heterocycles. The summed E-state index contributed by atoms with van der Waals surface area (Å²) in [6, 6.07) is 13.8. The molecule has 0 spiro atoms. The maximum absolute atomic E-state index is 12.0. The van der Waals surface area contributed by atoms with E-state index in [1.54, 1.807) is 0 Å². The Morgan fingerprint density at radius 2 is 1.87 bits per heavy atom. The Balaban J connectivity index is 1.87. The fourth-order valence-electron chi connectivity index (χ4n) is 2.27. The molecule has 0 saturated carbocycles. The van der Waals surface area contributed by atoms with Crippen LogP contribution in [-0.2, 0) is 0 Å². The Hall–Kier alpha value is -1.56. The fraction of sp³-hybridized carbons (Fsp3) is 0.316. The molecule has 1 amide bonds. The molecule has 2 aromatic carbocycles. The van der Waals surface area contributed by atoms with Crippen molar-refractivity contribution in [3.05, 3.63) is 62.7 Å². The van der Waals surface area contributed by atoms with Gasteiger partial charge in [-0.15, -0.1) is 0 Å². The predicted octanol–water partition coefficient (Wildman–Crippen LogP) is 4.53. The Morgan fingerprint density at radius 3 is 2.52 bits per heavy atom. The largest absolute Gasteiger partial charge is 0.491 e. The molecule has 3 nitrogen and oxygen atoms in total. The molecule has 0 aliphatic carbocycles. The molecule has 0 atom stereocenters. The van der Waals surface area contributed by atoms with Crippen molar-refractivity contribution >= 4 is 28.5 Å². The van der Waals surface area contributed by atoms with Gasteiger partial charge in [0, 0.05) is 9.13 Å². The van der Waals surface area contributed by atoms with Crippen LogP contribution in [0.25, 0.3) is 0 Å². The molecule has 0 bridgehead atoms. The summed E-state index contributed by atoms with van der Waals surface area (Å²) in [6.45, 7) is 7.29. The molecule has 4 heteroatoms. The molecule has 0 fully saturated rings. The van der Waals surface area contributed by atoms with Gasteiger partial charge in [0.05, 0.1) is 6.54 Å². The zero-order chi connectivity index (χ0) is 16.8. The Labute approximate surface area is 151 Å². The van der Waals surface area contributed by atoms with Crippen molar-refractivity contribution in [2.45, 2.75) is 26.7 Å². The van der Waals surface area contributed by atoms with Crippen molar-refractivity contribution in [3.8, 4) is 5.75 Å². The van der Waals surface area contributed by atoms with Gasteiger partial charge in [-0.1, -0.05) is 26.0 Å². The zero-order valence-corrected chi connectivity index (χ0v) is 15.9. The van der Waals surface area contributed by atoms with Crippen LogP contribution in [0.5, 0.6) is 5.75 Å². The molecule has 1 N–H and O–H groups in total. The van der Waals surface area contributed by atoms with Crippen molar-refractivity contribution in [1.82, 2.24) is 5.32 Å². The molecule has 23 heavy (non-hydrogen) atoms. The maximum atomic E-state index is 12.0. The standard InChI is InChI=1S/C19H22INO2/c1-13(2)17-9-4-14(3)12-18(17)23-11-10-21-19(22)15-5-7-16(20)8-6-15/h4-9,12-13H,10-11H2,1-3H3,(H,21,22). The van der Waals surface area contributed by atoms with Gasteiger partial charge >= 0.3 is 0 Å². The van der Waals surface area contributed by atoms with E-state index in [4.69, 9.17) is 4.74 Å². The summed E-state index contributed by atoms with van der Waals surface area (Å²) in [4.78, 5) is 12.0. The Kier molecular flexibility index (Phi) is 6.45. The minimum Gasteiger partial charge on any atom is -0.491 e. The predicted molar refractivity (Wildman–Crippen MR) is 102 cm³/mol. The normalized spacial score (nSPS) is 10.7. The highest BCUT2D eigenvalue weighted by atomic mass is 127. The average molecular weight is 423 g/mol. The minimum absolute atomic E-state index is 0.0710. The van der Waals surface area contributed by atoms with E-state index in [2.05, 4.69) is 66.9 Å². The second-order valence-corrected chi connectivity index (χ2v) is 7.05. The average Bonchev–Trinajstić information content (AvgIpc) is 2.51. The van der Waals surface area contributed by atoms with Crippen LogP contribution in [0.4, 0.5) is 0 Å². The monoisotopic (exact) mass is 423 g/mol. The quantitative estimate of drug-likeness (QED) is 0.548. The lowest BCUT2D eigenvalue weighted by Gasteiger charge is -2.15. The van der Waals surface area contributed by atoms with Crippen molar-refractivity contribution in [2.75, 3.05) is 13.2 Å². The summed E-state index contributed by atoms with van der Waals surface area (Å²) in [7, 11) is 0. The van der Waals surface area contributed by atoms with E-state index < -0.39 is 0 Å². The number of halogens is 1. The van der Waals surface area contributed by atoms with Crippen molar-refractivity contribution in [2.24, 2.45) is 0 Å². The summed E-state index contributed by atoms with van der Waals surface area (Å²) in [5.74, 6) is 1.24. The second-order valence-electron chi connectivity index (χ2n) is 5.81. The number of carbonyl (C=O) groups excluding carboxylic acids is 1. The van der Waals surface area contributed by atoms with Crippen LogP contribution in [0.1, 0.15) is 41.3 Å². The van der Waals surface area contributed by atoms with Gasteiger partial charge in [0.25, 0.3) is 5.91 Å². The highest BCUT2D eigenvalue weighted by molar-refractivity contribution is 14.1. The molecule has 0 saturated heterocycles. The number of carbonyl (C=O) groups is 1. The second kappa shape index (κ2) is 8.34. The first-order valence-corrected chi connectivity index (χ1v) is 8.82. The first-order valence-electron chi connectivity index (χ1n) is 7.74. The van der Waals surface area contributed by atoms with Crippen LogP contribution in [0, 0.1) is 10.5 Å². The van der Waals surface area contributed by atoms with Crippen LogP contribution < -0.4 is 10.1 Å². The molecule has 2 rings (SSSR count). The molecule has 122 valence electrons. The van der Waals surface area contributed by atoms with Gasteiger partial charge in [0.1, 0.15) is 12.4 Å². The smallest absolute Gasteiger partial charge is 0.251 e. The summed E-state index contributed by atoms with van der Waals surface area (Å²) in [6.07, 6.45) is 0. The lowest BCUT2D eigenvalue weighted by molar-refractivity contribution is 0.0947. The third-order valence-electron chi connectivity index (χ3n) is 3.54. The molecule has 2 aromatic rings. The lowest BCUT2D eigenvalue weighted by Crippen LogP contribution is -2.28. The third kappa shape index (κ3) is 5.23. The van der Waals surface area contributed by atoms with Crippen LogP contribution in [0.2, 0.25) is 0 Å². The summed E-state index contributed by atoms with van der Waals surface area (Å²) in [5, 5.41) is 2.89. The van der Waals surface area contributed by atoms with Gasteiger partial charge < -0.3 is 10.1 Å². The van der Waals surface area contributed by atoms with E-state index in [-0.39, 0.29) is 5.91 Å². The van der Waals surface area contributed by atoms with Crippen LogP contribution in [0.3, 0.4) is 0 Å². The van der Waals surface area contributed by atoms with Crippen LogP contribution in [0.15, 0.2) is 42.5 Å². The number of rotatable bonds is 6. The van der Waals surface area contributed by atoms with Gasteiger partial charge in [-0.2, -0.15) is 0 Å². The third-order valence-corrected chi connectivity index (χ3v) is 4.26. The molecular weight excluding hydrogens is 401 g/mol. The van der Waals surface area contributed by atoms with Gasteiger partial charge in [0.15, 0.2) is 0 Å². The van der Waals surface area contributed by atoms with E-state index in [0.29, 0.717) is 24.6 Å². The number of hydrogen-bond donors (Lipinski definition) is 1. The van der Waals surface area contributed by atoms with Crippen molar-refractivity contribution < 1.29 is 9.53 Å². The topological polar surface area (TPSA) is 38.3 Å². The molecular formula is C19H22INO2. The SMILES string of the molecule is Cc1ccc(C(C)C)c(OCCNC(=O)c2ccc(I)cc2)c1. The highest BCUT2D eigenvalue weighted by Gasteiger charge is 2.09. The van der Waals surface area contributed by atoms with Gasteiger partial charge in [-0.3, -0.25) is 4.79 Å². The molecule has 0 aliphatic rings. The van der Waals surface area contributed by atoms with Gasteiger partial charge in [-0.05, 0) is 76.9 Å². The molecule has 0 aliphatic heterocycles. The van der Waals surface area contributed by atoms with E-state index in [0.717, 1.165) is 9.32 Å². The van der Waals surface area contributed by atoms with E-state index in [1.165, 1.54) is 11.1 Å². The minimum atomic E-state index is -0.0710. The Bertz CT molecular complexity index is 666.